The van der Waals surface area contributed by atoms with Gasteiger partial charge in [-0.1, -0.05) is 32.1 Å². The van der Waals surface area contributed by atoms with E-state index < -0.39 is 18.2 Å². The molecule has 0 radical (unpaired) electrons. The quantitative estimate of drug-likeness (QED) is 0.487. The van der Waals surface area contributed by atoms with Crippen LogP contribution in [0.5, 0.6) is 5.75 Å². The Balaban J connectivity index is 2.04. The summed E-state index contributed by atoms with van der Waals surface area (Å²) in [6.45, 7) is 5.07. The number of carbonyl (C=O) groups is 1. The maximum absolute atomic E-state index is 13.5. The lowest BCUT2D eigenvalue weighted by Gasteiger charge is -2.24. The Morgan fingerprint density at radius 3 is 2.61 bits per heavy atom. The number of esters is 1. The SMILES string of the molecule is COCCOc1cc(-c2ccc(F)cc2)c(C=C[C@@H]2C[C@@H](O)CC(=O)O2)c(C(C)C)c1. The van der Waals surface area contributed by atoms with E-state index in [0.29, 0.717) is 25.4 Å². The molecule has 1 aliphatic heterocycles. The van der Waals surface area contributed by atoms with Gasteiger partial charge >= 0.3 is 5.97 Å². The van der Waals surface area contributed by atoms with Crippen molar-refractivity contribution >= 4 is 12.0 Å². The van der Waals surface area contributed by atoms with Gasteiger partial charge in [0.25, 0.3) is 0 Å². The van der Waals surface area contributed by atoms with Crippen LogP contribution in [0.15, 0.2) is 42.5 Å². The van der Waals surface area contributed by atoms with Gasteiger partial charge in [0.05, 0.1) is 19.1 Å². The van der Waals surface area contributed by atoms with E-state index in [2.05, 4.69) is 13.8 Å². The minimum atomic E-state index is -0.700. The fourth-order valence-corrected chi connectivity index (χ4v) is 3.64. The van der Waals surface area contributed by atoms with Gasteiger partial charge in [0.1, 0.15) is 24.3 Å². The molecule has 0 spiro atoms. The molecule has 2 aromatic carbocycles. The van der Waals surface area contributed by atoms with E-state index >= 15 is 0 Å². The molecule has 1 aliphatic rings. The van der Waals surface area contributed by atoms with E-state index in [1.807, 2.05) is 18.2 Å². The van der Waals surface area contributed by atoms with Crippen molar-refractivity contribution in [1.29, 1.82) is 0 Å². The first kappa shape index (κ1) is 23.0. The smallest absolute Gasteiger partial charge is 0.309 e. The van der Waals surface area contributed by atoms with E-state index in [-0.39, 0.29) is 18.2 Å². The van der Waals surface area contributed by atoms with Crippen molar-refractivity contribution in [2.45, 2.75) is 44.8 Å². The number of halogens is 1. The zero-order valence-corrected chi connectivity index (χ0v) is 18.1. The van der Waals surface area contributed by atoms with E-state index in [1.165, 1.54) is 12.1 Å². The maximum atomic E-state index is 13.5. The molecule has 0 bridgehead atoms. The van der Waals surface area contributed by atoms with Crippen LogP contribution in [0.3, 0.4) is 0 Å². The highest BCUT2D eigenvalue weighted by molar-refractivity contribution is 5.79. The summed E-state index contributed by atoms with van der Waals surface area (Å²) < 4.78 is 29.8. The van der Waals surface area contributed by atoms with Crippen molar-refractivity contribution < 1.29 is 28.5 Å². The molecule has 1 N–H and O–H groups in total. The van der Waals surface area contributed by atoms with Crippen LogP contribution in [0.1, 0.15) is 43.7 Å². The van der Waals surface area contributed by atoms with Crippen LogP contribution in [0.25, 0.3) is 17.2 Å². The lowest BCUT2D eigenvalue weighted by atomic mass is 9.89. The van der Waals surface area contributed by atoms with Gasteiger partial charge in [-0.3, -0.25) is 4.79 Å². The average molecular weight is 429 g/mol. The summed E-state index contributed by atoms with van der Waals surface area (Å²) >= 11 is 0. The Kier molecular flexibility index (Phi) is 7.82. The Labute approximate surface area is 182 Å². The van der Waals surface area contributed by atoms with Crippen LogP contribution in [0.2, 0.25) is 0 Å². The summed E-state index contributed by atoms with van der Waals surface area (Å²) in [4.78, 5) is 11.7. The van der Waals surface area contributed by atoms with Crippen LogP contribution in [0.4, 0.5) is 4.39 Å². The molecule has 2 atom stereocenters. The highest BCUT2D eigenvalue weighted by Gasteiger charge is 2.25. The maximum Gasteiger partial charge on any atom is 0.309 e. The van der Waals surface area contributed by atoms with Gasteiger partial charge in [0.2, 0.25) is 0 Å². The van der Waals surface area contributed by atoms with Crippen LogP contribution in [0, 0.1) is 5.82 Å². The van der Waals surface area contributed by atoms with Gasteiger partial charge in [-0.05, 0) is 58.5 Å². The zero-order chi connectivity index (χ0) is 22.4. The molecule has 0 saturated carbocycles. The third kappa shape index (κ3) is 6.15. The molecule has 0 unspecified atom stereocenters. The summed E-state index contributed by atoms with van der Waals surface area (Å²) in [5.41, 5.74) is 3.73. The summed E-state index contributed by atoms with van der Waals surface area (Å²) in [7, 11) is 1.62. The second-order valence-electron chi connectivity index (χ2n) is 7.96. The molecule has 3 rings (SSSR count). The average Bonchev–Trinajstić information content (AvgIpc) is 2.72. The summed E-state index contributed by atoms with van der Waals surface area (Å²) in [5, 5.41) is 9.89. The Morgan fingerprint density at radius 1 is 1.23 bits per heavy atom. The molecule has 1 heterocycles. The molecule has 0 amide bonds. The number of cyclic esters (lactones) is 1. The fourth-order valence-electron chi connectivity index (χ4n) is 3.64. The first-order valence-corrected chi connectivity index (χ1v) is 10.5. The molecule has 5 nitrogen and oxygen atoms in total. The molecule has 0 aliphatic carbocycles. The first-order chi connectivity index (χ1) is 14.9. The highest BCUT2D eigenvalue weighted by Crippen LogP contribution is 2.36. The number of aliphatic hydroxyl groups is 1. The van der Waals surface area contributed by atoms with E-state index in [9.17, 15) is 14.3 Å². The fraction of sp³-hybridized carbons (Fsp3) is 0.400. The number of hydrogen-bond donors (Lipinski definition) is 1. The molecule has 2 aromatic rings. The van der Waals surface area contributed by atoms with E-state index in [1.54, 1.807) is 25.3 Å². The van der Waals surface area contributed by atoms with Gasteiger partial charge in [0.15, 0.2) is 0 Å². The molecule has 31 heavy (non-hydrogen) atoms. The number of aliphatic hydroxyl groups excluding tert-OH is 1. The van der Waals surface area contributed by atoms with Gasteiger partial charge in [-0.2, -0.15) is 0 Å². The monoisotopic (exact) mass is 428 g/mol. The summed E-state index contributed by atoms with van der Waals surface area (Å²) in [6.07, 6.45) is 2.92. The van der Waals surface area contributed by atoms with Crippen molar-refractivity contribution in [1.82, 2.24) is 0 Å². The molecular formula is C25H29FO5. The number of methoxy groups -OCH3 is 1. The summed E-state index contributed by atoms with van der Waals surface area (Å²) in [5.74, 6) is 0.180. The predicted molar refractivity (Wildman–Crippen MR) is 117 cm³/mol. The van der Waals surface area contributed by atoms with E-state index in [0.717, 1.165) is 22.3 Å². The number of rotatable bonds is 8. The topological polar surface area (TPSA) is 65.0 Å². The van der Waals surface area contributed by atoms with E-state index in [4.69, 9.17) is 14.2 Å². The molecular weight excluding hydrogens is 399 g/mol. The molecule has 0 aromatic heterocycles. The molecule has 6 heteroatoms. The van der Waals surface area contributed by atoms with Crippen LogP contribution in [-0.2, 0) is 14.3 Å². The molecule has 1 fully saturated rings. The van der Waals surface area contributed by atoms with Crippen molar-refractivity contribution in [3.05, 3.63) is 59.4 Å². The minimum absolute atomic E-state index is 0.0237. The number of benzene rings is 2. The lowest BCUT2D eigenvalue weighted by Crippen LogP contribution is -2.31. The van der Waals surface area contributed by atoms with Crippen molar-refractivity contribution in [2.75, 3.05) is 20.3 Å². The third-order valence-electron chi connectivity index (χ3n) is 5.19. The van der Waals surface area contributed by atoms with Crippen LogP contribution >= 0.6 is 0 Å². The Bertz CT molecular complexity index is 920. The minimum Gasteiger partial charge on any atom is -0.491 e. The third-order valence-corrected chi connectivity index (χ3v) is 5.19. The zero-order valence-electron chi connectivity index (χ0n) is 18.1. The normalized spacial score (nSPS) is 19.1. The van der Waals surface area contributed by atoms with Crippen molar-refractivity contribution in [3.8, 4) is 16.9 Å². The van der Waals surface area contributed by atoms with Gasteiger partial charge < -0.3 is 19.3 Å². The number of ether oxygens (including phenoxy) is 3. The predicted octanol–water partition coefficient (Wildman–Crippen LogP) is 4.72. The van der Waals surface area contributed by atoms with Gasteiger partial charge in [-0.15, -0.1) is 0 Å². The van der Waals surface area contributed by atoms with Gasteiger partial charge in [-0.25, -0.2) is 4.39 Å². The second kappa shape index (κ2) is 10.6. The standard InChI is InChI=1S/C25H29FO5/c1-16(2)23-14-21(30-11-10-29-3)15-24(17-4-6-18(26)7-5-17)22(23)9-8-20-12-19(27)13-25(28)31-20/h4-9,14-16,19-20,27H,10-13H2,1-3H3/t19-,20-/m1/s1. The van der Waals surface area contributed by atoms with Crippen molar-refractivity contribution in [2.24, 2.45) is 0 Å². The van der Waals surface area contributed by atoms with Crippen LogP contribution in [-0.4, -0.2) is 43.6 Å². The second-order valence-corrected chi connectivity index (χ2v) is 7.96. The van der Waals surface area contributed by atoms with Gasteiger partial charge in [0, 0.05) is 13.5 Å². The van der Waals surface area contributed by atoms with Crippen LogP contribution < -0.4 is 4.74 Å². The molecule has 166 valence electrons. The first-order valence-electron chi connectivity index (χ1n) is 10.5. The number of carbonyl (C=O) groups excluding carboxylic acids is 1. The van der Waals surface area contributed by atoms with Crippen molar-refractivity contribution in [3.63, 3.8) is 0 Å². The largest absolute Gasteiger partial charge is 0.491 e. The number of hydrogen-bond acceptors (Lipinski definition) is 5. The Hall–Kier alpha value is -2.70. The Morgan fingerprint density at radius 2 is 1.97 bits per heavy atom. The highest BCUT2D eigenvalue weighted by atomic mass is 19.1. The molecule has 1 saturated heterocycles. The lowest BCUT2D eigenvalue weighted by molar-refractivity contribution is -0.156. The summed E-state index contributed by atoms with van der Waals surface area (Å²) in [6, 6.07) is 10.2.